The van der Waals surface area contributed by atoms with Gasteiger partial charge >= 0.3 is 5.97 Å². The molecule has 3 nitrogen and oxygen atoms in total. The van der Waals surface area contributed by atoms with Crippen molar-refractivity contribution in [3.05, 3.63) is 34.3 Å². The van der Waals surface area contributed by atoms with E-state index in [4.69, 9.17) is 5.11 Å². The van der Waals surface area contributed by atoms with Crippen molar-refractivity contribution in [1.29, 1.82) is 0 Å². The lowest BCUT2D eigenvalue weighted by Gasteiger charge is -2.27. The fourth-order valence-electron chi connectivity index (χ4n) is 1.93. The Labute approximate surface area is 123 Å². The third-order valence-electron chi connectivity index (χ3n) is 2.71. The Balaban J connectivity index is 3.14. The van der Waals surface area contributed by atoms with Crippen LogP contribution in [0.2, 0.25) is 0 Å². The molecule has 1 N–H and O–H groups in total. The number of hydrogen-bond donors (Lipinski definition) is 1. The van der Waals surface area contributed by atoms with Gasteiger partial charge in [0, 0.05) is 29.3 Å². The lowest BCUT2D eigenvalue weighted by molar-refractivity contribution is -0.131. The Morgan fingerprint density at radius 1 is 1.47 bits per heavy atom. The van der Waals surface area contributed by atoms with E-state index in [0.717, 1.165) is 28.8 Å². The molecule has 0 aliphatic rings. The topological polar surface area (TPSA) is 40.5 Å². The predicted octanol–water partition coefficient (Wildman–Crippen LogP) is 4.03. The molecule has 0 aliphatic heterocycles. The van der Waals surface area contributed by atoms with Gasteiger partial charge in [-0.2, -0.15) is 0 Å². The van der Waals surface area contributed by atoms with Crippen LogP contribution in [0.25, 0.3) is 6.08 Å². The van der Waals surface area contributed by atoms with E-state index in [0.29, 0.717) is 5.92 Å². The van der Waals surface area contributed by atoms with Gasteiger partial charge in [-0.05, 0) is 36.6 Å². The first kappa shape index (κ1) is 15.8. The lowest BCUT2D eigenvalue weighted by Crippen LogP contribution is -2.27. The van der Waals surface area contributed by atoms with Crippen molar-refractivity contribution in [2.75, 3.05) is 18.0 Å². The van der Waals surface area contributed by atoms with Gasteiger partial charge in [0.2, 0.25) is 0 Å². The second-order valence-electron chi connectivity index (χ2n) is 4.81. The van der Waals surface area contributed by atoms with Crippen molar-refractivity contribution in [3.63, 3.8) is 0 Å². The number of carboxylic acid groups (broad SMARTS) is 1. The van der Waals surface area contributed by atoms with Crippen LogP contribution in [0, 0.1) is 5.92 Å². The number of benzene rings is 1. The van der Waals surface area contributed by atoms with Crippen LogP contribution in [0.15, 0.2) is 28.7 Å². The second-order valence-corrected chi connectivity index (χ2v) is 5.72. The van der Waals surface area contributed by atoms with E-state index < -0.39 is 5.97 Å². The van der Waals surface area contributed by atoms with Crippen LogP contribution < -0.4 is 4.90 Å². The van der Waals surface area contributed by atoms with Crippen LogP contribution in [0.1, 0.15) is 26.3 Å². The highest BCUT2D eigenvalue weighted by Gasteiger charge is 2.10. The molecule has 104 valence electrons. The zero-order valence-electron chi connectivity index (χ0n) is 11.6. The molecular weight excluding hydrogens is 306 g/mol. The summed E-state index contributed by atoms with van der Waals surface area (Å²) in [5.41, 5.74) is 1.98. The van der Waals surface area contributed by atoms with E-state index in [2.05, 4.69) is 41.6 Å². The molecular formula is C15H20BrNO2. The van der Waals surface area contributed by atoms with Gasteiger partial charge < -0.3 is 10.0 Å². The van der Waals surface area contributed by atoms with Crippen LogP contribution in [0.4, 0.5) is 5.69 Å². The molecule has 1 rings (SSSR count). The first-order chi connectivity index (χ1) is 8.93. The summed E-state index contributed by atoms with van der Waals surface area (Å²) in [6, 6.07) is 5.89. The second kappa shape index (κ2) is 7.34. The van der Waals surface area contributed by atoms with E-state index in [1.165, 1.54) is 6.08 Å². The molecule has 0 atom stereocenters. The third kappa shape index (κ3) is 5.07. The molecule has 0 bridgehead atoms. The highest BCUT2D eigenvalue weighted by molar-refractivity contribution is 9.10. The smallest absolute Gasteiger partial charge is 0.328 e. The van der Waals surface area contributed by atoms with Gasteiger partial charge in [-0.1, -0.05) is 35.8 Å². The van der Waals surface area contributed by atoms with E-state index >= 15 is 0 Å². The molecule has 0 saturated carbocycles. The third-order valence-corrected chi connectivity index (χ3v) is 3.20. The minimum absolute atomic E-state index is 0.551. The Hall–Kier alpha value is -1.29. The molecule has 0 spiro atoms. The van der Waals surface area contributed by atoms with Crippen LogP contribution in [-0.4, -0.2) is 24.2 Å². The summed E-state index contributed by atoms with van der Waals surface area (Å²) >= 11 is 3.47. The minimum Gasteiger partial charge on any atom is -0.478 e. The summed E-state index contributed by atoms with van der Waals surface area (Å²) < 4.78 is 0.997. The van der Waals surface area contributed by atoms with Crippen molar-refractivity contribution in [1.82, 2.24) is 0 Å². The number of halogens is 1. The number of carbonyl (C=O) groups is 1. The average Bonchev–Trinajstić information content (AvgIpc) is 2.34. The summed E-state index contributed by atoms with van der Waals surface area (Å²) in [4.78, 5) is 12.9. The number of rotatable bonds is 6. The Morgan fingerprint density at radius 2 is 2.16 bits per heavy atom. The molecule has 0 fully saturated rings. The maximum Gasteiger partial charge on any atom is 0.328 e. The number of anilines is 1. The molecule has 0 heterocycles. The molecule has 0 unspecified atom stereocenters. The predicted molar refractivity (Wildman–Crippen MR) is 83.5 cm³/mol. The van der Waals surface area contributed by atoms with E-state index in [-0.39, 0.29) is 0 Å². The van der Waals surface area contributed by atoms with Crippen LogP contribution in [0.5, 0.6) is 0 Å². The maximum absolute atomic E-state index is 10.7. The number of aliphatic carboxylic acids is 1. The maximum atomic E-state index is 10.7. The highest BCUT2D eigenvalue weighted by Crippen LogP contribution is 2.27. The van der Waals surface area contributed by atoms with Gasteiger partial charge in [-0.15, -0.1) is 0 Å². The van der Waals surface area contributed by atoms with Crippen LogP contribution in [-0.2, 0) is 4.79 Å². The van der Waals surface area contributed by atoms with Crippen LogP contribution >= 0.6 is 15.9 Å². The number of hydrogen-bond acceptors (Lipinski definition) is 2. The fourth-order valence-corrected chi connectivity index (χ4v) is 2.28. The summed E-state index contributed by atoms with van der Waals surface area (Å²) in [5.74, 6) is -0.379. The van der Waals surface area contributed by atoms with Crippen molar-refractivity contribution < 1.29 is 9.90 Å². The largest absolute Gasteiger partial charge is 0.478 e. The molecule has 0 amide bonds. The summed E-state index contributed by atoms with van der Waals surface area (Å²) in [6.45, 7) is 8.29. The van der Waals surface area contributed by atoms with E-state index in [1.807, 2.05) is 18.2 Å². The monoisotopic (exact) mass is 325 g/mol. The number of carboxylic acids is 1. The molecule has 0 saturated heterocycles. The molecule has 0 radical (unpaired) electrons. The Kier molecular flexibility index (Phi) is 6.09. The fraction of sp³-hybridized carbons (Fsp3) is 0.400. The first-order valence-corrected chi connectivity index (χ1v) is 7.18. The molecule has 0 aliphatic carbocycles. The highest BCUT2D eigenvalue weighted by atomic mass is 79.9. The van der Waals surface area contributed by atoms with Crippen LogP contribution in [0.3, 0.4) is 0 Å². The normalized spacial score (nSPS) is 11.2. The molecule has 19 heavy (non-hydrogen) atoms. The van der Waals surface area contributed by atoms with Crippen molar-refractivity contribution in [3.8, 4) is 0 Å². The van der Waals surface area contributed by atoms with E-state index in [1.54, 1.807) is 6.08 Å². The van der Waals surface area contributed by atoms with Gasteiger partial charge in [0.1, 0.15) is 0 Å². The zero-order valence-corrected chi connectivity index (χ0v) is 13.1. The molecule has 4 heteroatoms. The zero-order chi connectivity index (χ0) is 14.4. The SMILES string of the molecule is CCN(CC(C)C)c1cc(Br)ccc1/C=C/C(=O)O. The lowest BCUT2D eigenvalue weighted by atomic mass is 10.1. The van der Waals surface area contributed by atoms with Crippen molar-refractivity contribution in [2.24, 2.45) is 5.92 Å². The average molecular weight is 326 g/mol. The molecule has 1 aromatic rings. The minimum atomic E-state index is -0.930. The quantitative estimate of drug-likeness (QED) is 0.803. The van der Waals surface area contributed by atoms with Gasteiger partial charge in [0.05, 0.1) is 0 Å². The van der Waals surface area contributed by atoms with Gasteiger partial charge in [-0.25, -0.2) is 4.79 Å². The Morgan fingerprint density at radius 3 is 2.68 bits per heavy atom. The van der Waals surface area contributed by atoms with Crippen molar-refractivity contribution in [2.45, 2.75) is 20.8 Å². The summed E-state index contributed by atoms with van der Waals surface area (Å²) in [6.07, 6.45) is 2.82. The summed E-state index contributed by atoms with van der Waals surface area (Å²) in [7, 11) is 0. The number of nitrogens with zero attached hydrogens (tertiary/aromatic N) is 1. The first-order valence-electron chi connectivity index (χ1n) is 6.39. The van der Waals surface area contributed by atoms with E-state index in [9.17, 15) is 4.79 Å². The van der Waals surface area contributed by atoms with Gasteiger partial charge in [0.15, 0.2) is 0 Å². The molecule has 1 aromatic carbocycles. The van der Waals surface area contributed by atoms with Crippen molar-refractivity contribution >= 4 is 33.7 Å². The van der Waals surface area contributed by atoms with Gasteiger partial charge in [-0.3, -0.25) is 0 Å². The molecule has 0 aromatic heterocycles. The Bertz CT molecular complexity index is 469. The van der Waals surface area contributed by atoms with Gasteiger partial charge in [0.25, 0.3) is 0 Å². The standard InChI is InChI=1S/C15H20BrNO2/c1-4-17(10-11(2)3)14-9-13(16)7-5-12(14)6-8-15(18)19/h5-9,11H,4,10H2,1-3H3,(H,18,19)/b8-6+. The summed E-state index contributed by atoms with van der Waals surface area (Å²) in [5, 5.41) is 8.75.